The molecule has 0 saturated heterocycles. The molecule has 6 heteroatoms. The van der Waals surface area contributed by atoms with Crippen LogP contribution in [0.1, 0.15) is 29.3 Å². The molecule has 2 aromatic rings. The van der Waals surface area contributed by atoms with Crippen molar-refractivity contribution in [2.75, 3.05) is 18.1 Å². The average Bonchev–Trinajstić information content (AvgIpc) is 2.71. The van der Waals surface area contributed by atoms with Crippen LogP contribution in [0.25, 0.3) is 0 Å². The Kier molecular flexibility index (Phi) is 5.86. The Morgan fingerprint density at radius 3 is 2.63 bits per heavy atom. The SMILES string of the molecule is CC(OC(=O)COc1ccc(C=O)cc1)C(=O)N1CCCc2ccccc21. The first kappa shape index (κ1) is 18.6. The van der Waals surface area contributed by atoms with Crippen LogP contribution in [0.3, 0.4) is 0 Å². The van der Waals surface area contributed by atoms with Crippen LogP contribution >= 0.6 is 0 Å². The predicted octanol–water partition coefficient (Wildman–Crippen LogP) is 2.79. The molecule has 0 fully saturated rings. The molecule has 0 bridgehead atoms. The van der Waals surface area contributed by atoms with Crippen molar-refractivity contribution < 1.29 is 23.9 Å². The van der Waals surface area contributed by atoms with Crippen LogP contribution < -0.4 is 9.64 Å². The van der Waals surface area contributed by atoms with Crippen molar-refractivity contribution in [3.05, 3.63) is 59.7 Å². The third kappa shape index (κ3) is 4.53. The van der Waals surface area contributed by atoms with Crippen molar-refractivity contribution in [3.8, 4) is 5.75 Å². The molecule has 6 nitrogen and oxygen atoms in total. The average molecular weight is 367 g/mol. The molecular weight excluding hydrogens is 346 g/mol. The zero-order valence-corrected chi connectivity index (χ0v) is 15.1. The molecule has 1 atom stereocenters. The van der Waals surface area contributed by atoms with Gasteiger partial charge in [0.05, 0.1) is 0 Å². The maximum Gasteiger partial charge on any atom is 0.344 e. The number of amides is 1. The second-order valence-corrected chi connectivity index (χ2v) is 6.33. The highest BCUT2D eigenvalue weighted by Gasteiger charge is 2.28. The van der Waals surface area contributed by atoms with E-state index in [-0.39, 0.29) is 12.5 Å². The summed E-state index contributed by atoms with van der Waals surface area (Å²) in [7, 11) is 0. The van der Waals surface area contributed by atoms with Crippen LogP contribution in [0.2, 0.25) is 0 Å². The van der Waals surface area contributed by atoms with E-state index in [0.29, 0.717) is 17.9 Å². The number of nitrogens with zero attached hydrogens (tertiary/aromatic N) is 1. The number of hydrogen-bond donors (Lipinski definition) is 0. The normalized spacial score (nSPS) is 14.0. The number of para-hydroxylation sites is 1. The Bertz CT molecular complexity index is 831. The lowest BCUT2D eigenvalue weighted by Crippen LogP contribution is -2.43. The fourth-order valence-corrected chi connectivity index (χ4v) is 3.05. The van der Waals surface area contributed by atoms with Crippen molar-refractivity contribution in [1.29, 1.82) is 0 Å². The number of rotatable bonds is 6. The number of aryl methyl sites for hydroxylation is 1. The first-order valence-electron chi connectivity index (χ1n) is 8.85. The first-order chi connectivity index (χ1) is 13.1. The van der Waals surface area contributed by atoms with E-state index in [1.807, 2.05) is 24.3 Å². The van der Waals surface area contributed by atoms with Crippen LogP contribution in [-0.4, -0.2) is 37.4 Å². The molecule has 140 valence electrons. The van der Waals surface area contributed by atoms with E-state index in [0.717, 1.165) is 30.4 Å². The minimum Gasteiger partial charge on any atom is -0.482 e. The van der Waals surface area contributed by atoms with Gasteiger partial charge in [0.2, 0.25) is 0 Å². The smallest absolute Gasteiger partial charge is 0.344 e. The molecule has 0 radical (unpaired) electrons. The summed E-state index contributed by atoms with van der Waals surface area (Å²) in [5.74, 6) is -0.423. The van der Waals surface area contributed by atoms with Gasteiger partial charge in [-0.05, 0) is 55.7 Å². The van der Waals surface area contributed by atoms with E-state index in [1.54, 1.807) is 36.1 Å². The molecule has 1 unspecified atom stereocenters. The number of carbonyl (C=O) groups is 3. The van der Waals surface area contributed by atoms with E-state index in [4.69, 9.17) is 9.47 Å². The molecule has 0 aromatic heterocycles. The Hall–Kier alpha value is -3.15. The van der Waals surface area contributed by atoms with Gasteiger partial charge in [-0.1, -0.05) is 18.2 Å². The van der Waals surface area contributed by atoms with Crippen molar-refractivity contribution in [2.45, 2.75) is 25.9 Å². The third-order valence-electron chi connectivity index (χ3n) is 4.41. The number of esters is 1. The van der Waals surface area contributed by atoms with Gasteiger partial charge in [0.15, 0.2) is 12.7 Å². The summed E-state index contributed by atoms with van der Waals surface area (Å²) in [5.41, 5.74) is 2.52. The lowest BCUT2D eigenvalue weighted by molar-refractivity contribution is -0.155. The fourth-order valence-electron chi connectivity index (χ4n) is 3.05. The molecule has 1 aliphatic heterocycles. The maximum absolute atomic E-state index is 12.7. The van der Waals surface area contributed by atoms with Gasteiger partial charge in [-0.25, -0.2) is 4.79 Å². The fraction of sp³-hybridized carbons (Fsp3) is 0.286. The number of aldehydes is 1. The number of carbonyl (C=O) groups excluding carboxylic acids is 3. The van der Waals surface area contributed by atoms with Gasteiger partial charge in [0.1, 0.15) is 12.0 Å². The summed E-state index contributed by atoms with van der Waals surface area (Å²) in [5, 5.41) is 0. The number of fused-ring (bicyclic) bond motifs is 1. The molecule has 27 heavy (non-hydrogen) atoms. The summed E-state index contributed by atoms with van der Waals surface area (Å²) < 4.78 is 10.6. The Labute approximate surface area is 157 Å². The lowest BCUT2D eigenvalue weighted by Gasteiger charge is -2.31. The zero-order valence-electron chi connectivity index (χ0n) is 15.1. The highest BCUT2D eigenvalue weighted by Crippen LogP contribution is 2.27. The van der Waals surface area contributed by atoms with Crippen LogP contribution in [0.5, 0.6) is 5.75 Å². The van der Waals surface area contributed by atoms with Gasteiger partial charge in [-0.3, -0.25) is 9.59 Å². The number of hydrogen-bond acceptors (Lipinski definition) is 5. The summed E-state index contributed by atoms with van der Waals surface area (Å²) >= 11 is 0. The Balaban J connectivity index is 1.55. The Morgan fingerprint density at radius 1 is 1.15 bits per heavy atom. The molecule has 3 rings (SSSR count). The van der Waals surface area contributed by atoms with E-state index < -0.39 is 12.1 Å². The lowest BCUT2D eigenvalue weighted by atomic mass is 10.0. The molecule has 2 aromatic carbocycles. The molecule has 1 amide bonds. The van der Waals surface area contributed by atoms with Crippen molar-refractivity contribution in [2.24, 2.45) is 0 Å². The summed E-state index contributed by atoms with van der Waals surface area (Å²) in [6, 6.07) is 14.1. The molecule has 0 N–H and O–H groups in total. The van der Waals surface area contributed by atoms with Crippen molar-refractivity contribution in [3.63, 3.8) is 0 Å². The second-order valence-electron chi connectivity index (χ2n) is 6.33. The summed E-state index contributed by atoms with van der Waals surface area (Å²) in [6.45, 7) is 1.86. The molecule has 1 aliphatic rings. The van der Waals surface area contributed by atoms with E-state index in [1.165, 1.54) is 0 Å². The van der Waals surface area contributed by atoms with Gasteiger partial charge >= 0.3 is 5.97 Å². The van der Waals surface area contributed by atoms with Crippen LogP contribution in [0.4, 0.5) is 5.69 Å². The highest BCUT2D eigenvalue weighted by atomic mass is 16.6. The third-order valence-corrected chi connectivity index (χ3v) is 4.41. The van der Waals surface area contributed by atoms with E-state index in [9.17, 15) is 14.4 Å². The van der Waals surface area contributed by atoms with E-state index in [2.05, 4.69) is 0 Å². The van der Waals surface area contributed by atoms with Crippen LogP contribution in [0.15, 0.2) is 48.5 Å². The van der Waals surface area contributed by atoms with Gasteiger partial charge in [-0.15, -0.1) is 0 Å². The van der Waals surface area contributed by atoms with E-state index >= 15 is 0 Å². The predicted molar refractivity (Wildman–Crippen MR) is 100.0 cm³/mol. The maximum atomic E-state index is 12.7. The minimum atomic E-state index is -0.898. The van der Waals surface area contributed by atoms with Crippen molar-refractivity contribution >= 4 is 23.9 Å². The van der Waals surface area contributed by atoms with Gasteiger partial charge < -0.3 is 14.4 Å². The molecule has 0 saturated carbocycles. The molecule has 0 aliphatic carbocycles. The highest BCUT2D eigenvalue weighted by molar-refractivity contribution is 5.98. The minimum absolute atomic E-state index is 0.245. The topological polar surface area (TPSA) is 72.9 Å². The Morgan fingerprint density at radius 2 is 1.89 bits per heavy atom. The molecule has 0 spiro atoms. The monoisotopic (exact) mass is 367 g/mol. The molecule has 1 heterocycles. The van der Waals surface area contributed by atoms with Crippen LogP contribution in [0, 0.1) is 0 Å². The van der Waals surface area contributed by atoms with Gasteiger partial charge in [0.25, 0.3) is 5.91 Å². The summed E-state index contributed by atoms with van der Waals surface area (Å²) in [4.78, 5) is 37.0. The van der Waals surface area contributed by atoms with Crippen LogP contribution in [-0.2, 0) is 20.7 Å². The first-order valence-corrected chi connectivity index (χ1v) is 8.85. The number of benzene rings is 2. The van der Waals surface area contributed by atoms with Crippen molar-refractivity contribution in [1.82, 2.24) is 0 Å². The number of ether oxygens (including phenoxy) is 2. The largest absolute Gasteiger partial charge is 0.482 e. The summed E-state index contributed by atoms with van der Waals surface area (Å²) in [6.07, 6.45) is 1.64. The zero-order chi connectivity index (χ0) is 19.2. The molecular formula is C21H21NO5. The standard InChI is InChI=1S/C21H21NO5/c1-15(21(25)22-12-4-6-17-5-2-3-7-19(17)22)27-20(24)14-26-18-10-8-16(13-23)9-11-18/h2-3,5,7-11,13,15H,4,6,12,14H2,1H3. The van der Waals surface area contributed by atoms with Gasteiger partial charge in [-0.2, -0.15) is 0 Å². The quantitative estimate of drug-likeness (QED) is 0.580. The van der Waals surface area contributed by atoms with Gasteiger partial charge in [0, 0.05) is 17.8 Å². The second kappa shape index (κ2) is 8.49. The number of anilines is 1.